The van der Waals surface area contributed by atoms with Crippen LogP contribution in [0.15, 0.2) is 18.2 Å². The van der Waals surface area contributed by atoms with Crippen molar-refractivity contribution in [2.45, 2.75) is 24.3 Å². The summed E-state index contributed by atoms with van der Waals surface area (Å²) in [5.74, 6) is 0. The molecule has 16 heavy (non-hydrogen) atoms. The van der Waals surface area contributed by atoms with E-state index >= 15 is 0 Å². The summed E-state index contributed by atoms with van der Waals surface area (Å²) in [6.45, 7) is 6.64. The normalized spacial score (nSPS) is 25.8. The van der Waals surface area contributed by atoms with Crippen molar-refractivity contribution < 1.29 is 0 Å². The molecule has 1 fully saturated rings. The van der Waals surface area contributed by atoms with E-state index < -0.39 is 0 Å². The highest BCUT2D eigenvalue weighted by atomic mass is 35.5. The number of hydrogen-bond donors (Lipinski definition) is 1. The van der Waals surface area contributed by atoms with E-state index in [1.54, 1.807) is 0 Å². The predicted molar refractivity (Wildman–Crippen MR) is 74.6 cm³/mol. The van der Waals surface area contributed by atoms with Gasteiger partial charge in [0.2, 0.25) is 0 Å². The minimum Gasteiger partial charge on any atom is -0.397 e. The molecule has 1 aromatic rings. The van der Waals surface area contributed by atoms with Crippen molar-refractivity contribution in [2.75, 3.05) is 23.7 Å². The Labute approximate surface area is 106 Å². The Kier molecular flexibility index (Phi) is 3.55. The number of thioether (sulfide) groups is 1. The molecule has 2 nitrogen and oxygen atoms in total. The molecular formula is C12H17ClN2S. The number of halogens is 1. The van der Waals surface area contributed by atoms with Crippen molar-refractivity contribution in [3.8, 4) is 0 Å². The van der Waals surface area contributed by atoms with Crippen LogP contribution in [0.2, 0.25) is 5.02 Å². The maximum absolute atomic E-state index is 6.01. The topological polar surface area (TPSA) is 29.3 Å². The second-order valence-corrected chi connectivity index (χ2v) is 6.68. The van der Waals surface area contributed by atoms with Gasteiger partial charge in [-0.25, -0.2) is 0 Å². The fraction of sp³-hybridized carbons (Fsp3) is 0.500. The third-order valence-corrected chi connectivity index (χ3v) is 4.21. The molecule has 88 valence electrons. The summed E-state index contributed by atoms with van der Waals surface area (Å²) >= 11 is 7.95. The van der Waals surface area contributed by atoms with Crippen LogP contribution in [0.25, 0.3) is 0 Å². The van der Waals surface area contributed by atoms with Gasteiger partial charge in [0.05, 0.1) is 11.4 Å². The molecule has 2 atom stereocenters. The molecule has 1 aliphatic heterocycles. The van der Waals surface area contributed by atoms with E-state index in [1.807, 2.05) is 30.0 Å². The van der Waals surface area contributed by atoms with E-state index in [0.29, 0.717) is 15.5 Å². The lowest BCUT2D eigenvalue weighted by atomic mass is 10.2. The van der Waals surface area contributed by atoms with Gasteiger partial charge in [-0.05, 0) is 18.2 Å². The number of nitrogens with zero attached hydrogens (tertiary/aromatic N) is 1. The molecule has 1 aromatic carbocycles. The molecule has 2 rings (SSSR count). The second-order valence-electron chi connectivity index (χ2n) is 4.37. The molecular weight excluding hydrogens is 240 g/mol. The van der Waals surface area contributed by atoms with Crippen molar-refractivity contribution in [3.63, 3.8) is 0 Å². The molecule has 1 aliphatic rings. The van der Waals surface area contributed by atoms with Crippen LogP contribution in [0.5, 0.6) is 0 Å². The van der Waals surface area contributed by atoms with Crippen molar-refractivity contribution in [2.24, 2.45) is 0 Å². The van der Waals surface area contributed by atoms with Gasteiger partial charge in [-0.2, -0.15) is 11.8 Å². The van der Waals surface area contributed by atoms with E-state index in [9.17, 15) is 0 Å². The number of nitrogen functional groups attached to an aromatic ring is 1. The molecule has 0 bridgehead atoms. The fourth-order valence-electron chi connectivity index (χ4n) is 2.19. The Morgan fingerprint density at radius 1 is 1.31 bits per heavy atom. The minimum atomic E-state index is 0.652. The van der Waals surface area contributed by atoms with Gasteiger partial charge < -0.3 is 10.6 Å². The zero-order chi connectivity index (χ0) is 11.7. The standard InChI is InChI=1S/C12H17ClN2S/c1-8-6-15(7-9(2)16-8)12-4-3-10(13)5-11(12)14/h3-5,8-9H,6-7,14H2,1-2H3. The molecule has 1 saturated heterocycles. The smallest absolute Gasteiger partial charge is 0.0601 e. The summed E-state index contributed by atoms with van der Waals surface area (Å²) in [4.78, 5) is 2.36. The van der Waals surface area contributed by atoms with Gasteiger partial charge >= 0.3 is 0 Å². The number of nitrogens with two attached hydrogens (primary N) is 1. The monoisotopic (exact) mass is 256 g/mol. The first-order valence-electron chi connectivity index (χ1n) is 5.51. The molecule has 0 radical (unpaired) electrons. The second kappa shape index (κ2) is 4.76. The lowest BCUT2D eigenvalue weighted by Gasteiger charge is -2.36. The third kappa shape index (κ3) is 2.58. The number of hydrogen-bond acceptors (Lipinski definition) is 3. The highest BCUT2D eigenvalue weighted by molar-refractivity contribution is 8.00. The summed E-state index contributed by atoms with van der Waals surface area (Å²) < 4.78 is 0. The van der Waals surface area contributed by atoms with Gasteiger partial charge in [0.1, 0.15) is 0 Å². The van der Waals surface area contributed by atoms with E-state index in [1.165, 1.54) is 0 Å². The van der Waals surface area contributed by atoms with Crippen LogP contribution in [-0.2, 0) is 0 Å². The van der Waals surface area contributed by atoms with Crippen LogP contribution < -0.4 is 10.6 Å². The van der Waals surface area contributed by atoms with E-state index in [-0.39, 0.29) is 0 Å². The summed E-state index contributed by atoms with van der Waals surface area (Å²) in [6.07, 6.45) is 0. The Balaban J connectivity index is 2.23. The summed E-state index contributed by atoms with van der Waals surface area (Å²) in [7, 11) is 0. The molecule has 2 N–H and O–H groups in total. The predicted octanol–water partition coefficient (Wildman–Crippen LogP) is 3.25. The van der Waals surface area contributed by atoms with Crippen LogP contribution in [0, 0.1) is 0 Å². The van der Waals surface area contributed by atoms with Crippen LogP contribution in [0.1, 0.15) is 13.8 Å². The highest BCUT2D eigenvalue weighted by Gasteiger charge is 2.23. The van der Waals surface area contributed by atoms with Crippen LogP contribution >= 0.6 is 23.4 Å². The van der Waals surface area contributed by atoms with Gasteiger partial charge in [-0.15, -0.1) is 0 Å². The van der Waals surface area contributed by atoms with Gasteiger partial charge in [0, 0.05) is 28.6 Å². The molecule has 0 aliphatic carbocycles. The fourth-order valence-corrected chi connectivity index (χ4v) is 3.69. The quantitative estimate of drug-likeness (QED) is 0.782. The summed E-state index contributed by atoms with van der Waals surface area (Å²) in [5, 5.41) is 2.01. The average molecular weight is 257 g/mol. The largest absolute Gasteiger partial charge is 0.397 e. The van der Waals surface area contributed by atoms with Crippen LogP contribution in [-0.4, -0.2) is 23.6 Å². The lowest BCUT2D eigenvalue weighted by Crippen LogP contribution is -2.40. The van der Waals surface area contributed by atoms with E-state index in [4.69, 9.17) is 17.3 Å². The Bertz CT molecular complexity index is 373. The molecule has 0 spiro atoms. The zero-order valence-electron chi connectivity index (χ0n) is 9.61. The lowest BCUT2D eigenvalue weighted by molar-refractivity contribution is 0.729. The van der Waals surface area contributed by atoms with E-state index in [2.05, 4.69) is 18.7 Å². The molecule has 0 aromatic heterocycles. The van der Waals surface area contributed by atoms with E-state index in [0.717, 1.165) is 24.5 Å². The first kappa shape index (κ1) is 11.9. The van der Waals surface area contributed by atoms with Crippen LogP contribution in [0.4, 0.5) is 11.4 Å². The summed E-state index contributed by atoms with van der Waals surface area (Å²) in [5.41, 5.74) is 7.90. The van der Waals surface area contributed by atoms with Crippen LogP contribution in [0.3, 0.4) is 0 Å². The van der Waals surface area contributed by atoms with Gasteiger partial charge in [0.15, 0.2) is 0 Å². The Hall–Kier alpha value is -0.540. The highest BCUT2D eigenvalue weighted by Crippen LogP contribution is 2.32. The molecule has 0 saturated carbocycles. The number of anilines is 2. The minimum absolute atomic E-state index is 0.652. The summed E-state index contributed by atoms with van der Waals surface area (Å²) in [6, 6.07) is 5.76. The third-order valence-electron chi connectivity index (χ3n) is 2.75. The maximum atomic E-state index is 6.01. The number of benzene rings is 1. The first-order chi connectivity index (χ1) is 7.56. The van der Waals surface area contributed by atoms with Crippen molar-refractivity contribution in [3.05, 3.63) is 23.2 Å². The van der Waals surface area contributed by atoms with Crippen molar-refractivity contribution >= 4 is 34.7 Å². The maximum Gasteiger partial charge on any atom is 0.0601 e. The van der Waals surface area contributed by atoms with Crippen molar-refractivity contribution in [1.29, 1.82) is 0 Å². The number of rotatable bonds is 1. The van der Waals surface area contributed by atoms with Crippen molar-refractivity contribution in [1.82, 2.24) is 0 Å². The molecule has 2 unspecified atom stereocenters. The Morgan fingerprint density at radius 2 is 1.94 bits per heavy atom. The molecule has 4 heteroatoms. The SMILES string of the molecule is CC1CN(c2ccc(Cl)cc2N)CC(C)S1. The first-order valence-corrected chi connectivity index (χ1v) is 6.84. The van der Waals surface area contributed by atoms with Gasteiger partial charge in [0.25, 0.3) is 0 Å². The Morgan fingerprint density at radius 3 is 2.50 bits per heavy atom. The molecule has 1 heterocycles. The average Bonchev–Trinajstić information content (AvgIpc) is 2.15. The zero-order valence-corrected chi connectivity index (χ0v) is 11.2. The van der Waals surface area contributed by atoms with Gasteiger partial charge in [-0.1, -0.05) is 25.4 Å². The van der Waals surface area contributed by atoms with Gasteiger partial charge in [-0.3, -0.25) is 0 Å². The molecule has 0 amide bonds.